The van der Waals surface area contributed by atoms with Crippen LogP contribution in [0, 0.1) is 5.82 Å². The van der Waals surface area contributed by atoms with Crippen LogP contribution in [0.15, 0.2) is 64.6 Å². The van der Waals surface area contributed by atoms with Gasteiger partial charge in [0.2, 0.25) is 5.95 Å². The molecule has 0 saturated carbocycles. The molecule has 126 valence electrons. The molecule has 0 radical (unpaired) electrons. The molecule has 0 atom stereocenters. The third-order valence-electron chi connectivity index (χ3n) is 4.47. The Kier molecular flexibility index (Phi) is 2.88. The van der Waals surface area contributed by atoms with Crippen molar-refractivity contribution in [2.45, 2.75) is 0 Å². The lowest BCUT2D eigenvalue weighted by atomic mass is 10.0. The van der Waals surface area contributed by atoms with Crippen molar-refractivity contribution in [3.05, 3.63) is 81.4 Å². The number of aromatic nitrogens is 4. The van der Waals surface area contributed by atoms with Crippen LogP contribution in [0.1, 0.15) is 0 Å². The van der Waals surface area contributed by atoms with Crippen LogP contribution >= 0.6 is 0 Å². The van der Waals surface area contributed by atoms with Crippen molar-refractivity contribution in [1.29, 1.82) is 0 Å². The molecule has 3 heterocycles. The van der Waals surface area contributed by atoms with Crippen LogP contribution in [-0.2, 0) is 0 Å². The standard InChI is InChI=1S/C19H11FN4O2/c20-10-1-2-12-14(9-10)15-13(3-6-21-18(15)26)17-16(12)22-19(23-17)24-7-4-11(25)5-8-24/h1-9H,(H,21,26)(H,22,23). The molecule has 5 rings (SSSR count). The minimum absolute atomic E-state index is 0.102. The van der Waals surface area contributed by atoms with Gasteiger partial charge in [-0.25, -0.2) is 9.37 Å². The van der Waals surface area contributed by atoms with E-state index in [1.54, 1.807) is 35.3 Å². The van der Waals surface area contributed by atoms with Crippen molar-refractivity contribution in [2.24, 2.45) is 0 Å². The highest BCUT2D eigenvalue weighted by Gasteiger charge is 2.15. The van der Waals surface area contributed by atoms with Crippen molar-refractivity contribution in [1.82, 2.24) is 19.5 Å². The Balaban J connectivity index is 1.99. The van der Waals surface area contributed by atoms with E-state index in [4.69, 9.17) is 0 Å². The second kappa shape index (κ2) is 5.13. The second-order valence-electron chi connectivity index (χ2n) is 6.01. The zero-order valence-electron chi connectivity index (χ0n) is 13.3. The molecular weight excluding hydrogens is 335 g/mol. The predicted molar refractivity (Wildman–Crippen MR) is 97.3 cm³/mol. The maximum atomic E-state index is 13.8. The quantitative estimate of drug-likeness (QED) is 0.458. The maximum Gasteiger partial charge on any atom is 0.256 e. The number of hydrogen-bond acceptors (Lipinski definition) is 3. The van der Waals surface area contributed by atoms with Gasteiger partial charge in [0.25, 0.3) is 5.56 Å². The van der Waals surface area contributed by atoms with E-state index in [9.17, 15) is 14.0 Å². The number of nitrogens with one attached hydrogen (secondary N) is 2. The average molecular weight is 346 g/mol. The first kappa shape index (κ1) is 14.6. The lowest BCUT2D eigenvalue weighted by molar-refractivity contribution is 0.630. The SMILES string of the molecule is O=c1ccn(-c2nc3c4ccc(F)cc4c4c(=O)[nH]ccc4c3[nH]2)cc1. The van der Waals surface area contributed by atoms with E-state index in [1.807, 2.05) is 0 Å². The zero-order chi connectivity index (χ0) is 17.8. The first-order valence-corrected chi connectivity index (χ1v) is 7.93. The highest BCUT2D eigenvalue weighted by molar-refractivity contribution is 6.23. The minimum Gasteiger partial charge on any atom is -0.329 e. The van der Waals surface area contributed by atoms with Crippen molar-refractivity contribution >= 4 is 32.6 Å². The molecule has 5 aromatic rings. The number of hydrogen-bond donors (Lipinski definition) is 2. The smallest absolute Gasteiger partial charge is 0.256 e. The van der Waals surface area contributed by atoms with Crippen molar-refractivity contribution in [3.8, 4) is 5.95 Å². The molecular formula is C19H11FN4O2. The Bertz CT molecular complexity index is 1430. The molecule has 2 aromatic carbocycles. The molecule has 0 aliphatic carbocycles. The van der Waals surface area contributed by atoms with E-state index < -0.39 is 5.82 Å². The summed E-state index contributed by atoms with van der Waals surface area (Å²) in [5.41, 5.74) is 0.917. The van der Waals surface area contributed by atoms with Gasteiger partial charge in [0, 0.05) is 46.9 Å². The lowest BCUT2D eigenvalue weighted by Gasteiger charge is -2.05. The van der Waals surface area contributed by atoms with E-state index in [-0.39, 0.29) is 11.0 Å². The van der Waals surface area contributed by atoms with Crippen LogP contribution in [0.3, 0.4) is 0 Å². The summed E-state index contributed by atoms with van der Waals surface area (Å²) < 4.78 is 15.5. The summed E-state index contributed by atoms with van der Waals surface area (Å²) in [5.74, 6) is 0.0796. The van der Waals surface area contributed by atoms with Crippen LogP contribution < -0.4 is 11.0 Å². The van der Waals surface area contributed by atoms with Gasteiger partial charge in [0.05, 0.1) is 16.4 Å². The molecule has 0 amide bonds. The second-order valence-corrected chi connectivity index (χ2v) is 6.01. The fourth-order valence-electron chi connectivity index (χ4n) is 3.31. The van der Waals surface area contributed by atoms with Gasteiger partial charge in [-0.2, -0.15) is 0 Å². The number of rotatable bonds is 1. The molecule has 0 unspecified atom stereocenters. The van der Waals surface area contributed by atoms with Crippen LogP contribution in [-0.4, -0.2) is 19.5 Å². The van der Waals surface area contributed by atoms with E-state index in [1.165, 1.54) is 24.3 Å². The van der Waals surface area contributed by atoms with Gasteiger partial charge in [0.1, 0.15) is 5.82 Å². The molecule has 0 aliphatic rings. The summed E-state index contributed by atoms with van der Waals surface area (Å²) >= 11 is 0. The number of nitrogens with zero attached hydrogens (tertiary/aromatic N) is 2. The van der Waals surface area contributed by atoms with Gasteiger partial charge in [-0.15, -0.1) is 0 Å². The lowest BCUT2D eigenvalue weighted by Crippen LogP contribution is -2.05. The minimum atomic E-state index is -0.419. The number of aromatic amines is 2. The van der Waals surface area contributed by atoms with Crippen molar-refractivity contribution in [3.63, 3.8) is 0 Å². The number of benzene rings is 2. The van der Waals surface area contributed by atoms with E-state index >= 15 is 0 Å². The molecule has 6 nitrogen and oxygen atoms in total. The monoisotopic (exact) mass is 346 g/mol. The van der Waals surface area contributed by atoms with Crippen molar-refractivity contribution < 1.29 is 4.39 Å². The Hall–Kier alpha value is -3.74. The Morgan fingerprint density at radius 1 is 0.962 bits per heavy atom. The Labute approximate surface area is 144 Å². The summed E-state index contributed by atoms with van der Waals surface area (Å²) in [4.78, 5) is 34.2. The molecule has 0 spiro atoms. The third kappa shape index (κ3) is 2.00. The molecule has 0 saturated heterocycles. The number of imidazole rings is 1. The summed E-state index contributed by atoms with van der Waals surface area (Å²) in [7, 11) is 0. The maximum absolute atomic E-state index is 13.8. The normalized spacial score (nSPS) is 11.6. The average Bonchev–Trinajstić information content (AvgIpc) is 3.08. The summed E-state index contributed by atoms with van der Waals surface area (Å²) in [6, 6.07) is 8.94. The van der Waals surface area contributed by atoms with Gasteiger partial charge >= 0.3 is 0 Å². The van der Waals surface area contributed by atoms with Gasteiger partial charge in [0.15, 0.2) is 5.43 Å². The predicted octanol–water partition coefficient (Wildman–Crippen LogP) is 2.85. The highest BCUT2D eigenvalue weighted by Crippen LogP contribution is 2.32. The summed E-state index contributed by atoms with van der Waals surface area (Å²) in [6.45, 7) is 0. The first-order valence-electron chi connectivity index (χ1n) is 7.93. The molecule has 0 bridgehead atoms. The number of fused-ring (bicyclic) bond motifs is 6. The Morgan fingerprint density at radius 3 is 2.58 bits per heavy atom. The first-order chi connectivity index (χ1) is 12.6. The highest BCUT2D eigenvalue weighted by atomic mass is 19.1. The molecule has 0 aliphatic heterocycles. The van der Waals surface area contributed by atoms with Crippen molar-refractivity contribution in [2.75, 3.05) is 0 Å². The number of H-pyrrole nitrogens is 2. The topological polar surface area (TPSA) is 83.5 Å². The summed E-state index contributed by atoms with van der Waals surface area (Å²) in [5, 5.41) is 2.24. The molecule has 0 fully saturated rings. The fourth-order valence-corrected chi connectivity index (χ4v) is 3.31. The van der Waals surface area contributed by atoms with Gasteiger partial charge < -0.3 is 9.97 Å². The van der Waals surface area contributed by atoms with E-state index in [0.717, 1.165) is 0 Å². The number of pyridine rings is 2. The van der Waals surface area contributed by atoms with Gasteiger partial charge in [-0.3, -0.25) is 14.2 Å². The van der Waals surface area contributed by atoms with Crippen LogP contribution in [0.5, 0.6) is 0 Å². The van der Waals surface area contributed by atoms with E-state index in [2.05, 4.69) is 15.0 Å². The number of halogens is 1. The van der Waals surface area contributed by atoms with Crippen LogP contribution in [0.25, 0.3) is 38.5 Å². The van der Waals surface area contributed by atoms with E-state index in [0.29, 0.717) is 38.5 Å². The molecule has 3 aromatic heterocycles. The molecule has 7 heteroatoms. The van der Waals surface area contributed by atoms with Crippen LogP contribution in [0.2, 0.25) is 0 Å². The Morgan fingerprint density at radius 2 is 1.77 bits per heavy atom. The third-order valence-corrected chi connectivity index (χ3v) is 4.47. The fraction of sp³-hybridized carbons (Fsp3) is 0. The largest absolute Gasteiger partial charge is 0.329 e. The molecule has 26 heavy (non-hydrogen) atoms. The van der Waals surface area contributed by atoms with Crippen LogP contribution in [0.4, 0.5) is 4.39 Å². The molecule has 2 N–H and O–H groups in total. The summed E-state index contributed by atoms with van der Waals surface area (Å²) in [6.07, 6.45) is 4.77. The van der Waals surface area contributed by atoms with Gasteiger partial charge in [-0.1, -0.05) is 0 Å². The van der Waals surface area contributed by atoms with Gasteiger partial charge in [-0.05, 0) is 24.3 Å². The zero-order valence-corrected chi connectivity index (χ0v) is 13.3.